The van der Waals surface area contributed by atoms with Gasteiger partial charge in [-0.2, -0.15) is 0 Å². The molecular weight excluding hydrogens is 340 g/mol. The molecule has 0 bridgehead atoms. The van der Waals surface area contributed by atoms with Gasteiger partial charge in [-0.3, -0.25) is 9.69 Å². The molecule has 6 nitrogen and oxygen atoms in total. The van der Waals surface area contributed by atoms with E-state index in [1.165, 1.54) is 0 Å². The third-order valence-electron chi connectivity index (χ3n) is 5.14. The molecule has 2 aromatic rings. The fourth-order valence-electron chi connectivity index (χ4n) is 3.55. The Hall–Kier alpha value is -2.34. The number of hydrogen-bond donors (Lipinski definition) is 0. The van der Waals surface area contributed by atoms with Gasteiger partial charge in [-0.05, 0) is 17.7 Å². The highest BCUT2D eigenvalue weighted by molar-refractivity contribution is 5.79. The number of carbonyl (C=O) groups is 1. The predicted molar refractivity (Wildman–Crippen MR) is 106 cm³/mol. The summed E-state index contributed by atoms with van der Waals surface area (Å²) in [6.45, 7) is 9.73. The monoisotopic (exact) mass is 370 g/mol. The second kappa shape index (κ2) is 9.04. The van der Waals surface area contributed by atoms with Gasteiger partial charge in [0.25, 0.3) is 0 Å². The van der Waals surface area contributed by atoms with Gasteiger partial charge < -0.3 is 14.2 Å². The van der Waals surface area contributed by atoms with Crippen LogP contribution in [-0.2, 0) is 17.8 Å². The van der Waals surface area contributed by atoms with E-state index in [9.17, 15) is 4.79 Å². The third-order valence-corrected chi connectivity index (χ3v) is 5.14. The van der Waals surface area contributed by atoms with E-state index in [1.54, 1.807) is 7.11 Å². The fraction of sp³-hybridized carbons (Fsp3) is 0.524. The highest BCUT2D eigenvalue weighted by atomic mass is 16.5. The largest absolute Gasteiger partial charge is 0.497 e. The molecule has 1 aromatic heterocycles. The van der Waals surface area contributed by atoms with Gasteiger partial charge in [-0.1, -0.05) is 26.0 Å². The van der Waals surface area contributed by atoms with Crippen LogP contribution in [0.3, 0.4) is 0 Å². The molecule has 0 radical (unpaired) electrons. The van der Waals surface area contributed by atoms with Crippen LogP contribution in [0.1, 0.15) is 31.2 Å². The van der Waals surface area contributed by atoms with E-state index in [-0.39, 0.29) is 5.91 Å². The number of imidazole rings is 1. The quantitative estimate of drug-likeness (QED) is 0.751. The predicted octanol–water partition coefficient (Wildman–Crippen LogP) is 2.40. The summed E-state index contributed by atoms with van der Waals surface area (Å²) in [7, 11) is 1.65. The summed E-state index contributed by atoms with van der Waals surface area (Å²) in [6.07, 6.45) is 4.37. The normalized spacial score (nSPS) is 15.3. The summed E-state index contributed by atoms with van der Waals surface area (Å²) in [6, 6.07) is 7.75. The number of methoxy groups -OCH3 is 1. The molecule has 1 saturated heterocycles. The Morgan fingerprint density at radius 3 is 2.67 bits per heavy atom. The van der Waals surface area contributed by atoms with E-state index in [2.05, 4.69) is 34.5 Å². The van der Waals surface area contributed by atoms with Crippen molar-refractivity contribution in [3.8, 4) is 5.75 Å². The Balaban J connectivity index is 1.45. The number of ether oxygens (including phenoxy) is 1. The maximum Gasteiger partial charge on any atom is 0.227 e. The van der Waals surface area contributed by atoms with Crippen LogP contribution >= 0.6 is 0 Å². The maximum atomic E-state index is 12.6. The standard InChI is InChI=1S/C21H30N4O2/c1-17(2)21-22-7-8-25(21)14-11-23-9-12-24(13-10-23)20(26)16-18-5-4-6-19(15-18)27-3/h4-8,15,17H,9-14,16H2,1-3H3. The van der Waals surface area contributed by atoms with Gasteiger partial charge in [0.15, 0.2) is 0 Å². The average molecular weight is 370 g/mol. The SMILES string of the molecule is COc1cccc(CC(=O)N2CCN(CCn3ccnc3C(C)C)CC2)c1. The van der Waals surface area contributed by atoms with Gasteiger partial charge in [0.2, 0.25) is 5.91 Å². The van der Waals surface area contributed by atoms with Crippen molar-refractivity contribution in [3.05, 3.63) is 48.0 Å². The molecule has 3 rings (SSSR count). The Morgan fingerprint density at radius 1 is 1.19 bits per heavy atom. The lowest BCUT2D eigenvalue weighted by Gasteiger charge is -2.35. The minimum absolute atomic E-state index is 0.194. The molecule has 0 atom stereocenters. The number of benzene rings is 1. The molecule has 1 aromatic carbocycles. The van der Waals surface area contributed by atoms with Crippen molar-refractivity contribution in [2.75, 3.05) is 39.8 Å². The zero-order valence-electron chi connectivity index (χ0n) is 16.6. The summed E-state index contributed by atoms with van der Waals surface area (Å²) in [5, 5.41) is 0. The van der Waals surface area contributed by atoms with Gasteiger partial charge in [0.05, 0.1) is 13.5 Å². The van der Waals surface area contributed by atoms with E-state index < -0.39 is 0 Å². The molecular formula is C21H30N4O2. The van der Waals surface area contributed by atoms with Gasteiger partial charge in [-0.25, -0.2) is 4.98 Å². The minimum Gasteiger partial charge on any atom is -0.497 e. The first kappa shape index (κ1) is 19.4. The first-order valence-corrected chi connectivity index (χ1v) is 9.71. The lowest BCUT2D eigenvalue weighted by Crippen LogP contribution is -2.49. The van der Waals surface area contributed by atoms with Crippen LogP contribution in [0.4, 0.5) is 0 Å². The second-order valence-electron chi connectivity index (χ2n) is 7.38. The van der Waals surface area contributed by atoms with Crippen LogP contribution in [-0.4, -0.2) is 65.1 Å². The molecule has 0 aliphatic carbocycles. The van der Waals surface area contributed by atoms with Crippen LogP contribution in [0, 0.1) is 0 Å². The molecule has 0 unspecified atom stereocenters. The summed E-state index contributed by atoms with van der Waals surface area (Å²) in [4.78, 5) is 21.5. The lowest BCUT2D eigenvalue weighted by molar-refractivity contribution is -0.132. The summed E-state index contributed by atoms with van der Waals surface area (Å²) >= 11 is 0. The first-order valence-electron chi connectivity index (χ1n) is 9.71. The molecule has 2 heterocycles. The van der Waals surface area contributed by atoms with E-state index in [4.69, 9.17) is 4.74 Å². The van der Waals surface area contributed by atoms with Gasteiger partial charge in [-0.15, -0.1) is 0 Å². The zero-order chi connectivity index (χ0) is 19.2. The van der Waals surface area contributed by atoms with Gasteiger partial charge in [0, 0.05) is 57.6 Å². The van der Waals surface area contributed by atoms with Crippen molar-refractivity contribution < 1.29 is 9.53 Å². The van der Waals surface area contributed by atoms with Gasteiger partial charge >= 0.3 is 0 Å². The summed E-state index contributed by atoms with van der Waals surface area (Å²) in [5.41, 5.74) is 1.00. The second-order valence-corrected chi connectivity index (χ2v) is 7.38. The van der Waals surface area contributed by atoms with Crippen LogP contribution in [0.2, 0.25) is 0 Å². The Bertz CT molecular complexity index is 748. The van der Waals surface area contributed by atoms with E-state index in [1.807, 2.05) is 35.4 Å². The summed E-state index contributed by atoms with van der Waals surface area (Å²) in [5.74, 6) is 2.57. The molecule has 146 valence electrons. The number of nitrogens with zero attached hydrogens (tertiary/aromatic N) is 4. The number of rotatable bonds is 7. The van der Waals surface area contributed by atoms with Crippen molar-refractivity contribution in [2.45, 2.75) is 32.7 Å². The molecule has 0 saturated carbocycles. The van der Waals surface area contributed by atoms with Crippen molar-refractivity contribution in [1.82, 2.24) is 19.4 Å². The van der Waals surface area contributed by atoms with E-state index in [0.717, 1.165) is 56.4 Å². The molecule has 0 spiro atoms. The number of piperazine rings is 1. The zero-order valence-corrected chi connectivity index (χ0v) is 16.6. The molecule has 1 amide bonds. The average Bonchev–Trinajstić information content (AvgIpc) is 3.16. The Labute approximate surface area is 161 Å². The van der Waals surface area contributed by atoms with Crippen LogP contribution in [0.5, 0.6) is 5.75 Å². The summed E-state index contributed by atoms with van der Waals surface area (Å²) < 4.78 is 7.48. The molecule has 6 heteroatoms. The van der Waals surface area contributed by atoms with Crippen LogP contribution < -0.4 is 4.74 Å². The van der Waals surface area contributed by atoms with Crippen molar-refractivity contribution in [1.29, 1.82) is 0 Å². The number of hydrogen-bond acceptors (Lipinski definition) is 4. The fourth-order valence-corrected chi connectivity index (χ4v) is 3.55. The molecule has 1 aliphatic heterocycles. The maximum absolute atomic E-state index is 12.6. The minimum atomic E-state index is 0.194. The van der Waals surface area contributed by atoms with Crippen molar-refractivity contribution in [3.63, 3.8) is 0 Å². The highest BCUT2D eigenvalue weighted by Gasteiger charge is 2.21. The number of amides is 1. The van der Waals surface area contributed by atoms with Gasteiger partial charge in [0.1, 0.15) is 11.6 Å². The molecule has 1 fully saturated rings. The number of carbonyl (C=O) groups excluding carboxylic acids is 1. The number of aromatic nitrogens is 2. The van der Waals surface area contributed by atoms with Crippen LogP contribution in [0.25, 0.3) is 0 Å². The van der Waals surface area contributed by atoms with Crippen molar-refractivity contribution >= 4 is 5.91 Å². The molecule has 1 aliphatic rings. The Morgan fingerprint density at radius 2 is 1.96 bits per heavy atom. The Kier molecular flexibility index (Phi) is 6.50. The third kappa shape index (κ3) is 5.10. The van der Waals surface area contributed by atoms with Crippen molar-refractivity contribution in [2.24, 2.45) is 0 Å². The lowest BCUT2D eigenvalue weighted by atomic mass is 10.1. The highest BCUT2D eigenvalue weighted by Crippen LogP contribution is 2.15. The van der Waals surface area contributed by atoms with E-state index >= 15 is 0 Å². The first-order chi connectivity index (χ1) is 13.1. The topological polar surface area (TPSA) is 50.6 Å². The van der Waals surface area contributed by atoms with Crippen LogP contribution in [0.15, 0.2) is 36.7 Å². The smallest absolute Gasteiger partial charge is 0.227 e. The van der Waals surface area contributed by atoms with E-state index in [0.29, 0.717) is 12.3 Å². The molecule has 27 heavy (non-hydrogen) atoms. The molecule has 0 N–H and O–H groups in total.